The van der Waals surface area contributed by atoms with Gasteiger partial charge in [-0.3, -0.25) is 0 Å². The van der Waals surface area contributed by atoms with Gasteiger partial charge in [-0.1, -0.05) is 26.7 Å². The molecule has 0 aromatic carbocycles. The van der Waals surface area contributed by atoms with Gasteiger partial charge in [0.1, 0.15) is 0 Å². The monoisotopic (exact) mass is 352 g/mol. The zero-order chi connectivity index (χ0) is 6.83. The summed E-state index contributed by atoms with van der Waals surface area (Å²) in [6, 6.07) is 0. The molecule has 0 heterocycles. The first-order chi connectivity index (χ1) is 3.83. The average molecular weight is 352 g/mol. The zero-order valence-electron chi connectivity index (χ0n) is 6.74. The molecule has 0 aliphatic carbocycles. The summed E-state index contributed by atoms with van der Waals surface area (Å²) in [4.78, 5) is 0. The molecule has 0 atom stereocenters. The first-order valence-corrected chi connectivity index (χ1v) is 3.41. The van der Waals surface area contributed by atoms with Gasteiger partial charge in [0.2, 0.25) is 0 Å². The summed E-state index contributed by atoms with van der Waals surface area (Å²) in [5, 5.41) is 0. The second-order valence-corrected chi connectivity index (χ2v) is 1.71. The molecule has 0 aromatic rings. The molecule has 1 heteroatoms. The van der Waals surface area contributed by atoms with Crippen LogP contribution in [0.15, 0.2) is 0 Å². The minimum Gasteiger partial charge on any atom is -0.343 e. The molecule has 0 radical (unpaired) electrons. The quantitative estimate of drug-likeness (QED) is 0.670. The zero-order valence-corrected chi connectivity index (χ0v) is 10.9. The van der Waals surface area contributed by atoms with E-state index in [0.29, 0.717) is 0 Å². The van der Waals surface area contributed by atoms with Crippen molar-refractivity contribution in [1.29, 1.82) is 0 Å². The Morgan fingerprint density at radius 3 is 1.00 bits per heavy atom. The molecule has 54 valence electrons. The fraction of sp³-hybridized carbons (Fsp3) is 0.750. The molecule has 9 heavy (non-hydrogen) atoms. The van der Waals surface area contributed by atoms with Gasteiger partial charge < -0.3 is 13.8 Å². The number of rotatable bonds is 2. The second-order valence-electron chi connectivity index (χ2n) is 1.71. The van der Waals surface area contributed by atoms with Crippen molar-refractivity contribution in [2.75, 3.05) is 0 Å². The van der Waals surface area contributed by atoms with Crippen LogP contribution in [0.1, 0.15) is 39.5 Å². The van der Waals surface area contributed by atoms with Gasteiger partial charge in [0, 0.05) is 0 Å². The van der Waals surface area contributed by atoms with Crippen LogP contribution >= 0.6 is 0 Å². The summed E-state index contributed by atoms with van der Waals surface area (Å²) in [5.41, 5.74) is 0. The third-order valence-corrected chi connectivity index (χ3v) is 0.707. The van der Waals surface area contributed by atoms with Crippen LogP contribution in [0.5, 0.6) is 0 Å². The molecule has 0 unspecified atom stereocenters. The van der Waals surface area contributed by atoms with Crippen LogP contribution in [0.3, 0.4) is 0 Å². The van der Waals surface area contributed by atoms with Crippen molar-refractivity contribution in [3.63, 3.8) is 0 Å². The van der Waals surface area contributed by atoms with Gasteiger partial charge in [-0.15, -0.1) is 0 Å². The summed E-state index contributed by atoms with van der Waals surface area (Å²) in [6.45, 7) is 11.4. The van der Waals surface area contributed by atoms with E-state index in [1.165, 1.54) is 12.8 Å². The predicted molar refractivity (Wildman–Crippen MR) is 40.5 cm³/mol. The molecule has 0 nitrogen and oxygen atoms in total. The van der Waals surface area contributed by atoms with Crippen LogP contribution in [0.25, 0.3) is 0 Å². The number of hydrogen-bond acceptors (Lipinski definition) is 0. The number of unbranched alkanes of at least 4 members (excludes halogenated alkanes) is 2. The molecule has 0 saturated heterocycles. The molecule has 0 aliphatic heterocycles. The van der Waals surface area contributed by atoms with E-state index in [1.807, 2.05) is 0 Å². The van der Waals surface area contributed by atoms with E-state index < -0.39 is 0 Å². The van der Waals surface area contributed by atoms with E-state index in [2.05, 4.69) is 27.7 Å². The molecule has 0 saturated carbocycles. The molecule has 0 aromatic heterocycles. The van der Waals surface area contributed by atoms with Crippen molar-refractivity contribution in [3.05, 3.63) is 13.8 Å². The summed E-state index contributed by atoms with van der Waals surface area (Å²) < 4.78 is 0. The van der Waals surface area contributed by atoms with Gasteiger partial charge in [0.25, 0.3) is 0 Å². The van der Waals surface area contributed by atoms with Crippen molar-refractivity contribution in [3.8, 4) is 0 Å². The predicted octanol–water partition coefficient (Wildman–Crippen LogP) is 3.24. The van der Waals surface area contributed by atoms with Gasteiger partial charge in [-0.2, -0.15) is 12.8 Å². The van der Waals surface area contributed by atoms with E-state index in [1.54, 1.807) is 0 Å². The summed E-state index contributed by atoms with van der Waals surface area (Å²) in [7, 11) is 0. The molecule has 0 amide bonds. The van der Waals surface area contributed by atoms with Crippen LogP contribution in [0.2, 0.25) is 0 Å². The molecular weight excluding hydrogens is 334 g/mol. The Kier molecular flexibility index (Phi) is 42.3. The van der Waals surface area contributed by atoms with Crippen LogP contribution in [-0.2, 0) is 0 Å². The largest absolute Gasteiger partial charge is 2.00 e. The first kappa shape index (κ1) is 16.6. The number of hydrogen-bond donors (Lipinski definition) is 0. The van der Waals surface area contributed by atoms with Gasteiger partial charge in [-0.25, -0.2) is 0 Å². The minimum atomic E-state index is 0. The molecule has 0 N–H and O–H groups in total. The first-order valence-electron chi connectivity index (χ1n) is 3.41. The maximum Gasteiger partial charge on any atom is 2.00 e. The van der Waals surface area contributed by atoms with Gasteiger partial charge in [0.15, 0.2) is 0 Å². The Morgan fingerprint density at radius 1 is 0.889 bits per heavy atom. The van der Waals surface area contributed by atoms with E-state index in [4.69, 9.17) is 0 Å². The maximum atomic E-state index is 3.60. The average Bonchev–Trinajstić information content (AvgIpc) is 1.88. The standard InChI is InChI=1S/2C4H9.U/c2*1-3-4-2;/h2*1,3-4H2,2H3;/q2*-1;+2. The normalized spacial score (nSPS) is 6.67. The smallest absolute Gasteiger partial charge is 0.343 e. The fourth-order valence-electron chi connectivity index (χ4n) is 0. The summed E-state index contributed by atoms with van der Waals surface area (Å²) >= 11 is 0. The SMILES string of the molecule is [CH2-]CCC.[CH2-]CCC.[U+2]. The van der Waals surface area contributed by atoms with Crippen molar-refractivity contribution in [2.24, 2.45) is 0 Å². The Balaban J connectivity index is -0.0000000720. The Bertz CT molecular complexity index is 12.5. The van der Waals surface area contributed by atoms with E-state index in [0.717, 1.165) is 12.8 Å². The van der Waals surface area contributed by atoms with Gasteiger partial charge in [0.05, 0.1) is 0 Å². The Labute approximate surface area is 84.2 Å². The molecular formula is C8H18U. The topological polar surface area (TPSA) is 0 Å². The maximum absolute atomic E-state index is 3.60. The van der Waals surface area contributed by atoms with Crippen molar-refractivity contribution >= 4 is 0 Å². The van der Waals surface area contributed by atoms with Crippen LogP contribution < -0.4 is 0 Å². The van der Waals surface area contributed by atoms with Crippen LogP contribution in [-0.4, -0.2) is 0 Å². The minimum absolute atomic E-state index is 0. The van der Waals surface area contributed by atoms with Crippen molar-refractivity contribution in [1.82, 2.24) is 0 Å². The summed E-state index contributed by atoms with van der Waals surface area (Å²) in [6.07, 6.45) is 4.56. The Hall–Kier alpha value is 1.05. The van der Waals surface area contributed by atoms with E-state index >= 15 is 0 Å². The molecule has 0 bridgehead atoms. The van der Waals surface area contributed by atoms with Crippen LogP contribution in [0.4, 0.5) is 0 Å². The molecule has 0 rings (SSSR count). The third-order valence-electron chi connectivity index (χ3n) is 0.707. The van der Waals surface area contributed by atoms with Crippen LogP contribution in [0, 0.1) is 45.0 Å². The molecule has 0 fully saturated rings. The van der Waals surface area contributed by atoms with Crippen molar-refractivity contribution < 1.29 is 31.1 Å². The summed E-state index contributed by atoms with van der Waals surface area (Å²) in [5.74, 6) is 0. The fourth-order valence-corrected chi connectivity index (χ4v) is 0. The molecule has 0 aliphatic rings. The third kappa shape index (κ3) is 48.3. The van der Waals surface area contributed by atoms with Gasteiger partial charge >= 0.3 is 31.1 Å². The molecule has 0 spiro atoms. The van der Waals surface area contributed by atoms with Gasteiger partial charge in [-0.05, 0) is 0 Å². The second kappa shape index (κ2) is 23.0. The van der Waals surface area contributed by atoms with Crippen molar-refractivity contribution in [2.45, 2.75) is 39.5 Å². The Morgan fingerprint density at radius 2 is 1.00 bits per heavy atom. The van der Waals surface area contributed by atoms with E-state index in [9.17, 15) is 0 Å². The van der Waals surface area contributed by atoms with E-state index in [-0.39, 0.29) is 31.1 Å².